The van der Waals surface area contributed by atoms with Crippen LogP contribution in [0.15, 0.2) is 72.2 Å². The second-order valence-corrected chi connectivity index (χ2v) is 8.03. The van der Waals surface area contributed by atoms with Crippen LogP contribution in [-0.2, 0) is 10.3 Å². The molecule has 0 amide bonds. The van der Waals surface area contributed by atoms with E-state index in [2.05, 4.69) is 19.9 Å². The van der Waals surface area contributed by atoms with Gasteiger partial charge in [-0.2, -0.15) is 4.39 Å². The number of aliphatic imine (C=N–C) groups is 1. The number of hydrogen-bond acceptors (Lipinski definition) is 7. The van der Waals surface area contributed by atoms with Gasteiger partial charge in [-0.15, -0.1) is 0 Å². The van der Waals surface area contributed by atoms with Crippen molar-refractivity contribution >= 4 is 6.02 Å². The number of hydrogen-bond donors (Lipinski definition) is 1. The van der Waals surface area contributed by atoms with Crippen LogP contribution in [0.25, 0.3) is 22.4 Å². The Balaban J connectivity index is 1.60. The van der Waals surface area contributed by atoms with E-state index in [9.17, 15) is 4.39 Å². The lowest BCUT2D eigenvalue weighted by atomic mass is 9.77. The summed E-state index contributed by atoms with van der Waals surface area (Å²) >= 11 is 0. The zero-order valence-corrected chi connectivity index (χ0v) is 17.7. The fraction of sp³-hybridized carbons (Fsp3) is 0.120. The average molecular weight is 457 g/mol. The Morgan fingerprint density at radius 1 is 0.912 bits per heavy atom. The Morgan fingerprint density at radius 2 is 1.79 bits per heavy atom. The normalized spacial score (nSPS) is 18.4. The molecule has 168 valence electrons. The van der Waals surface area contributed by atoms with Crippen LogP contribution in [0.1, 0.15) is 17.5 Å². The predicted molar refractivity (Wildman–Crippen MR) is 120 cm³/mol. The number of aromatic nitrogens is 3. The summed E-state index contributed by atoms with van der Waals surface area (Å²) in [5, 5.41) is 0. The molecule has 9 heteroatoms. The van der Waals surface area contributed by atoms with Gasteiger partial charge in [0.25, 0.3) is 12.0 Å². The quantitative estimate of drug-likeness (QED) is 0.443. The van der Waals surface area contributed by atoms with Crippen LogP contribution >= 0.6 is 0 Å². The number of nitrogens with zero attached hydrogens (tertiary/aromatic N) is 4. The number of pyridine rings is 3. The molecule has 4 aromatic rings. The molecule has 2 N–H and O–H groups in total. The summed E-state index contributed by atoms with van der Waals surface area (Å²) in [7, 11) is 0. The Hall–Kier alpha value is -4.40. The standard InChI is InChI=1S/C25H17F2N5O2/c26-17-8-16(12-30-13-17)20-10-19-22(23(27)31-20)34-21-4-3-14(15-2-1-6-29-11-15)9-18(21)25(19)5-7-33-24(28)32-25/h1-4,6,8-13H,5,7H2,(H2,28,32)/t25-/m0/s1. The van der Waals surface area contributed by atoms with Crippen LogP contribution in [0, 0.1) is 11.8 Å². The van der Waals surface area contributed by atoms with E-state index in [0.29, 0.717) is 28.9 Å². The van der Waals surface area contributed by atoms with Crippen molar-refractivity contribution in [1.29, 1.82) is 0 Å². The third-order valence-corrected chi connectivity index (χ3v) is 6.02. The molecule has 2 aliphatic rings. The summed E-state index contributed by atoms with van der Waals surface area (Å²) in [5.74, 6) is -0.991. The average Bonchev–Trinajstić information content (AvgIpc) is 2.85. The van der Waals surface area contributed by atoms with Crippen molar-refractivity contribution in [1.82, 2.24) is 15.0 Å². The molecule has 0 unspecified atom stereocenters. The maximum atomic E-state index is 15.3. The molecule has 1 aromatic carbocycles. The summed E-state index contributed by atoms with van der Waals surface area (Å²) in [6, 6.07) is 12.3. The molecule has 0 saturated heterocycles. The summed E-state index contributed by atoms with van der Waals surface area (Å²) < 4.78 is 40.5. The SMILES string of the molecule is NC1=N[C@@]2(CCO1)c1cc(-c3cccnc3)ccc1Oc1c2cc(-c2cncc(F)c2)nc1F. The van der Waals surface area contributed by atoms with E-state index in [-0.39, 0.29) is 24.1 Å². The molecule has 2 aliphatic heterocycles. The molecule has 0 fully saturated rings. The third-order valence-electron chi connectivity index (χ3n) is 6.02. The van der Waals surface area contributed by atoms with Gasteiger partial charge >= 0.3 is 0 Å². The van der Waals surface area contributed by atoms with Crippen LogP contribution in [-0.4, -0.2) is 27.6 Å². The van der Waals surface area contributed by atoms with E-state index < -0.39 is 17.3 Å². The molecule has 0 saturated carbocycles. The van der Waals surface area contributed by atoms with Gasteiger partial charge in [0, 0.05) is 47.3 Å². The lowest BCUT2D eigenvalue weighted by molar-refractivity contribution is 0.217. The minimum Gasteiger partial charge on any atom is -0.465 e. The Labute approximate surface area is 193 Å². The Kier molecular flexibility index (Phi) is 4.51. The number of halogens is 2. The van der Waals surface area contributed by atoms with Gasteiger partial charge in [-0.3, -0.25) is 9.97 Å². The highest BCUT2D eigenvalue weighted by Gasteiger charge is 2.46. The van der Waals surface area contributed by atoms with Gasteiger partial charge < -0.3 is 15.2 Å². The number of fused-ring (bicyclic) bond motifs is 4. The fourth-order valence-corrected chi connectivity index (χ4v) is 4.49. The second kappa shape index (κ2) is 7.58. The number of amidine groups is 1. The van der Waals surface area contributed by atoms with Crippen molar-refractivity contribution in [3.05, 3.63) is 90.1 Å². The van der Waals surface area contributed by atoms with E-state index in [4.69, 9.17) is 15.2 Å². The number of nitrogens with two attached hydrogens (primary N) is 1. The van der Waals surface area contributed by atoms with Gasteiger partial charge in [0.2, 0.25) is 0 Å². The maximum absolute atomic E-state index is 15.3. The lowest BCUT2D eigenvalue weighted by Gasteiger charge is -2.39. The molecule has 7 nitrogen and oxygen atoms in total. The van der Waals surface area contributed by atoms with E-state index in [1.54, 1.807) is 24.5 Å². The summed E-state index contributed by atoms with van der Waals surface area (Å²) in [6.07, 6.45) is 6.33. The van der Waals surface area contributed by atoms with Gasteiger partial charge in [-0.05, 0) is 35.9 Å². The Morgan fingerprint density at radius 3 is 2.59 bits per heavy atom. The maximum Gasteiger partial charge on any atom is 0.283 e. The molecule has 6 rings (SSSR count). The largest absolute Gasteiger partial charge is 0.465 e. The molecule has 3 aromatic heterocycles. The van der Waals surface area contributed by atoms with Crippen molar-refractivity contribution in [2.75, 3.05) is 6.61 Å². The van der Waals surface area contributed by atoms with E-state index in [0.717, 1.165) is 17.3 Å². The molecule has 34 heavy (non-hydrogen) atoms. The first-order chi connectivity index (χ1) is 16.5. The molecular formula is C25H17F2N5O2. The van der Waals surface area contributed by atoms with Gasteiger partial charge in [0.15, 0.2) is 5.75 Å². The number of ether oxygens (including phenoxy) is 2. The molecule has 0 aliphatic carbocycles. The minimum absolute atomic E-state index is 0.0111. The van der Waals surface area contributed by atoms with Crippen LogP contribution in [0.5, 0.6) is 11.5 Å². The zero-order valence-electron chi connectivity index (χ0n) is 17.7. The summed E-state index contributed by atoms with van der Waals surface area (Å²) in [6.45, 7) is 0.270. The minimum atomic E-state index is -1.08. The zero-order chi connectivity index (χ0) is 23.3. The van der Waals surface area contributed by atoms with Gasteiger partial charge in [-0.1, -0.05) is 12.1 Å². The van der Waals surface area contributed by atoms with Crippen LogP contribution in [0.4, 0.5) is 8.78 Å². The number of benzene rings is 1. The first-order valence-electron chi connectivity index (χ1n) is 10.6. The van der Waals surface area contributed by atoms with Crippen molar-refractivity contribution in [3.8, 4) is 33.9 Å². The molecule has 0 bridgehead atoms. The smallest absolute Gasteiger partial charge is 0.283 e. The molecule has 5 heterocycles. The molecule has 1 spiro atoms. The summed E-state index contributed by atoms with van der Waals surface area (Å²) in [5.41, 5.74) is 8.41. The van der Waals surface area contributed by atoms with E-state index >= 15 is 4.39 Å². The van der Waals surface area contributed by atoms with E-state index in [1.165, 1.54) is 12.3 Å². The van der Waals surface area contributed by atoms with Gasteiger partial charge in [0.1, 0.15) is 17.1 Å². The van der Waals surface area contributed by atoms with Crippen LogP contribution in [0.3, 0.4) is 0 Å². The summed E-state index contributed by atoms with van der Waals surface area (Å²) in [4.78, 5) is 16.7. The number of rotatable bonds is 2. The van der Waals surface area contributed by atoms with Crippen molar-refractivity contribution < 1.29 is 18.3 Å². The van der Waals surface area contributed by atoms with Gasteiger partial charge in [-0.25, -0.2) is 14.4 Å². The Bertz CT molecular complexity index is 1460. The first kappa shape index (κ1) is 20.2. The second-order valence-electron chi connectivity index (χ2n) is 8.03. The highest BCUT2D eigenvalue weighted by Crippen LogP contribution is 2.53. The topological polar surface area (TPSA) is 95.5 Å². The first-order valence-corrected chi connectivity index (χ1v) is 10.6. The molecular weight excluding hydrogens is 440 g/mol. The molecule has 1 atom stereocenters. The van der Waals surface area contributed by atoms with E-state index in [1.807, 2.05) is 24.3 Å². The highest BCUT2D eigenvalue weighted by molar-refractivity contribution is 5.77. The monoisotopic (exact) mass is 457 g/mol. The molecule has 0 radical (unpaired) electrons. The lowest BCUT2D eigenvalue weighted by Crippen LogP contribution is -2.39. The fourth-order valence-electron chi connectivity index (χ4n) is 4.49. The highest BCUT2D eigenvalue weighted by atomic mass is 19.1. The third kappa shape index (κ3) is 3.16. The van der Waals surface area contributed by atoms with Crippen molar-refractivity contribution in [2.45, 2.75) is 12.0 Å². The van der Waals surface area contributed by atoms with Crippen LogP contribution < -0.4 is 10.5 Å². The van der Waals surface area contributed by atoms with Crippen molar-refractivity contribution in [3.63, 3.8) is 0 Å². The predicted octanol–water partition coefficient (Wildman–Crippen LogP) is 4.57. The van der Waals surface area contributed by atoms with Crippen LogP contribution in [0.2, 0.25) is 0 Å². The van der Waals surface area contributed by atoms with Crippen molar-refractivity contribution in [2.24, 2.45) is 10.7 Å². The van der Waals surface area contributed by atoms with Gasteiger partial charge in [0.05, 0.1) is 18.5 Å².